The van der Waals surface area contributed by atoms with E-state index in [0.717, 1.165) is 27.4 Å². The highest BCUT2D eigenvalue weighted by molar-refractivity contribution is 8.00. The van der Waals surface area contributed by atoms with E-state index in [-0.39, 0.29) is 34.8 Å². The third-order valence-corrected chi connectivity index (χ3v) is 8.73. The zero-order valence-corrected chi connectivity index (χ0v) is 23.7. The van der Waals surface area contributed by atoms with E-state index >= 15 is 0 Å². The largest absolute Gasteiger partial charge is 0.350 e. The van der Waals surface area contributed by atoms with Crippen LogP contribution in [-0.2, 0) is 21.5 Å². The smallest absolute Gasteiger partial charge is 0.240 e. The van der Waals surface area contributed by atoms with Gasteiger partial charge in [0, 0.05) is 39.8 Å². The number of thiophene rings is 1. The van der Waals surface area contributed by atoms with Crippen LogP contribution in [0, 0.1) is 0 Å². The lowest BCUT2D eigenvalue weighted by Crippen LogP contribution is -2.42. The third kappa shape index (κ3) is 5.50. The number of thioether (sulfide) groups is 1. The number of benzene rings is 1. The van der Waals surface area contributed by atoms with Gasteiger partial charge in [-0.3, -0.25) is 19.5 Å². The highest BCUT2D eigenvalue weighted by atomic mass is 35.5. The first-order valence-corrected chi connectivity index (χ1v) is 14.5. The van der Waals surface area contributed by atoms with Crippen molar-refractivity contribution in [2.24, 2.45) is 0 Å². The highest BCUT2D eigenvalue weighted by Crippen LogP contribution is 2.49. The van der Waals surface area contributed by atoms with Gasteiger partial charge in [0.25, 0.3) is 0 Å². The van der Waals surface area contributed by atoms with E-state index in [1.165, 1.54) is 0 Å². The summed E-state index contributed by atoms with van der Waals surface area (Å²) in [7, 11) is 0. The molecule has 4 aromatic rings. The molecule has 196 valence electrons. The van der Waals surface area contributed by atoms with Crippen molar-refractivity contribution in [2.45, 2.75) is 38.0 Å². The number of fused-ring (bicyclic) bond motifs is 1. The third-order valence-electron chi connectivity index (χ3n) is 6.17. The molecule has 0 saturated carbocycles. The first-order chi connectivity index (χ1) is 18.2. The molecule has 38 heavy (non-hydrogen) atoms. The molecule has 10 heteroatoms. The molecule has 0 saturated heterocycles. The van der Waals surface area contributed by atoms with Crippen LogP contribution in [-0.4, -0.2) is 38.9 Å². The molecule has 1 aliphatic rings. The van der Waals surface area contributed by atoms with Gasteiger partial charge in [-0.1, -0.05) is 50.6 Å². The van der Waals surface area contributed by atoms with Crippen molar-refractivity contribution in [1.29, 1.82) is 0 Å². The van der Waals surface area contributed by atoms with Crippen LogP contribution in [0.4, 0.5) is 5.82 Å². The lowest BCUT2D eigenvalue weighted by molar-refractivity contribution is -0.123. The summed E-state index contributed by atoms with van der Waals surface area (Å²) in [6.45, 7) is 6.55. The Hall–Kier alpha value is -3.14. The van der Waals surface area contributed by atoms with Gasteiger partial charge in [-0.15, -0.1) is 23.1 Å². The molecule has 0 spiro atoms. The van der Waals surface area contributed by atoms with E-state index in [2.05, 4.69) is 37.1 Å². The number of pyridine rings is 1. The summed E-state index contributed by atoms with van der Waals surface area (Å²) in [5, 5.41) is 10.5. The van der Waals surface area contributed by atoms with Gasteiger partial charge in [-0.05, 0) is 41.3 Å². The molecule has 0 fully saturated rings. The lowest BCUT2D eigenvalue weighted by Gasteiger charge is -2.24. The van der Waals surface area contributed by atoms with Gasteiger partial charge in [0.1, 0.15) is 12.4 Å². The van der Waals surface area contributed by atoms with E-state index in [9.17, 15) is 9.59 Å². The van der Waals surface area contributed by atoms with E-state index in [1.54, 1.807) is 51.1 Å². The number of carbonyl (C=O) groups excluding carboxylic acids is 2. The molecule has 7 nitrogen and oxygen atoms in total. The first kappa shape index (κ1) is 26.5. The monoisotopic (exact) mass is 565 g/mol. The number of hydrogen-bond donors (Lipinski definition) is 1. The Bertz CT molecular complexity index is 1450. The predicted molar refractivity (Wildman–Crippen MR) is 154 cm³/mol. The maximum Gasteiger partial charge on any atom is 0.240 e. The van der Waals surface area contributed by atoms with E-state index in [1.807, 2.05) is 41.8 Å². The standard InChI is InChI=1S/C28H28ClN5O2S2/c1-28(2,3)26-24-25(21-10-6-12-37-21)38-17-23(36)33(16-22(35)31-15-18-7-5-11-30-14-18)27(24)34(32-26)20-9-4-8-19(29)13-20/h4-14,25H,15-17H2,1-3H3,(H,31,35). The van der Waals surface area contributed by atoms with Crippen molar-refractivity contribution in [3.05, 3.63) is 93.0 Å². The second-order valence-corrected chi connectivity index (χ2v) is 12.6. The molecule has 5 rings (SSSR count). The quantitative estimate of drug-likeness (QED) is 0.321. The van der Waals surface area contributed by atoms with Gasteiger partial charge in [-0.2, -0.15) is 5.10 Å². The number of nitrogens with zero attached hydrogens (tertiary/aromatic N) is 4. The zero-order chi connectivity index (χ0) is 26.9. The molecule has 0 bridgehead atoms. The van der Waals surface area contributed by atoms with Crippen molar-refractivity contribution < 1.29 is 9.59 Å². The zero-order valence-electron chi connectivity index (χ0n) is 21.3. The van der Waals surface area contributed by atoms with Crippen LogP contribution in [0.25, 0.3) is 5.69 Å². The fourth-order valence-corrected chi connectivity index (χ4v) is 6.79. The molecule has 0 aliphatic carbocycles. The fourth-order valence-electron chi connectivity index (χ4n) is 4.43. The Morgan fingerprint density at radius 3 is 2.71 bits per heavy atom. The van der Waals surface area contributed by atoms with Crippen LogP contribution >= 0.6 is 34.7 Å². The minimum atomic E-state index is -0.314. The molecule has 1 aliphatic heterocycles. The van der Waals surface area contributed by atoms with Crippen LogP contribution in [0.1, 0.15) is 47.7 Å². The summed E-state index contributed by atoms with van der Waals surface area (Å²) < 4.78 is 1.78. The number of nitrogens with one attached hydrogen (secondary N) is 1. The normalized spacial score (nSPS) is 15.7. The Labute approximate surface area is 235 Å². The Morgan fingerprint density at radius 1 is 1.18 bits per heavy atom. The Morgan fingerprint density at radius 2 is 2.03 bits per heavy atom. The number of aromatic nitrogens is 3. The van der Waals surface area contributed by atoms with E-state index in [0.29, 0.717) is 17.4 Å². The van der Waals surface area contributed by atoms with E-state index in [4.69, 9.17) is 16.7 Å². The summed E-state index contributed by atoms with van der Waals surface area (Å²) in [6, 6.07) is 15.2. The van der Waals surface area contributed by atoms with Gasteiger partial charge in [0.2, 0.25) is 11.8 Å². The minimum Gasteiger partial charge on any atom is -0.350 e. The highest BCUT2D eigenvalue weighted by Gasteiger charge is 2.40. The number of amides is 2. The summed E-state index contributed by atoms with van der Waals surface area (Å²) in [5.74, 6) is 0.452. The number of rotatable bonds is 6. The van der Waals surface area contributed by atoms with Crippen LogP contribution in [0.5, 0.6) is 0 Å². The first-order valence-electron chi connectivity index (χ1n) is 12.2. The summed E-state index contributed by atoms with van der Waals surface area (Å²) in [6.07, 6.45) is 3.40. The maximum atomic E-state index is 13.7. The SMILES string of the molecule is CC(C)(C)c1nn(-c2cccc(Cl)c2)c2c1C(c1cccs1)SCC(=O)N2CC(=O)NCc1cccnc1. The van der Waals surface area contributed by atoms with Crippen LogP contribution in [0.3, 0.4) is 0 Å². The predicted octanol–water partition coefficient (Wildman–Crippen LogP) is 5.77. The molecule has 2 amide bonds. The number of hydrogen-bond acceptors (Lipinski definition) is 6. The molecule has 0 radical (unpaired) electrons. The molecule has 1 atom stereocenters. The van der Waals surface area contributed by atoms with Crippen molar-refractivity contribution in [3.8, 4) is 5.69 Å². The molecular formula is C28H28ClN5O2S2. The second-order valence-electron chi connectivity index (χ2n) is 10.1. The van der Waals surface area contributed by atoms with Crippen molar-refractivity contribution in [2.75, 3.05) is 17.2 Å². The average Bonchev–Trinajstić information content (AvgIpc) is 3.53. The number of carbonyl (C=O) groups is 2. The lowest BCUT2D eigenvalue weighted by atomic mass is 9.88. The topological polar surface area (TPSA) is 80.1 Å². The van der Waals surface area contributed by atoms with Gasteiger partial charge < -0.3 is 5.32 Å². The molecule has 1 aromatic carbocycles. The molecule has 1 N–H and O–H groups in total. The summed E-state index contributed by atoms with van der Waals surface area (Å²) in [4.78, 5) is 33.7. The van der Waals surface area contributed by atoms with Crippen LogP contribution < -0.4 is 10.2 Å². The van der Waals surface area contributed by atoms with Crippen LogP contribution in [0.2, 0.25) is 5.02 Å². The number of anilines is 1. The second kappa shape index (κ2) is 10.9. The number of halogens is 1. The van der Waals surface area contributed by atoms with Crippen LogP contribution in [0.15, 0.2) is 66.3 Å². The van der Waals surface area contributed by atoms with Gasteiger partial charge in [-0.25, -0.2) is 4.68 Å². The van der Waals surface area contributed by atoms with Crippen molar-refractivity contribution in [1.82, 2.24) is 20.1 Å². The summed E-state index contributed by atoms with van der Waals surface area (Å²) in [5.41, 5.74) is 3.14. The van der Waals surface area contributed by atoms with Gasteiger partial charge in [0.15, 0.2) is 0 Å². The van der Waals surface area contributed by atoms with Crippen molar-refractivity contribution in [3.63, 3.8) is 0 Å². The Balaban J connectivity index is 1.63. The molecular weight excluding hydrogens is 538 g/mol. The molecule has 4 heterocycles. The minimum absolute atomic E-state index is 0.0976. The average molecular weight is 566 g/mol. The summed E-state index contributed by atoms with van der Waals surface area (Å²) >= 11 is 9.60. The maximum absolute atomic E-state index is 13.7. The van der Waals surface area contributed by atoms with Gasteiger partial charge >= 0.3 is 0 Å². The molecule has 1 unspecified atom stereocenters. The van der Waals surface area contributed by atoms with Gasteiger partial charge in [0.05, 0.1) is 22.4 Å². The van der Waals surface area contributed by atoms with Crippen molar-refractivity contribution >= 4 is 52.3 Å². The fraction of sp³-hybridized carbons (Fsp3) is 0.286. The Kier molecular flexibility index (Phi) is 7.61. The van der Waals surface area contributed by atoms with E-state index < -0.39 is 0 Å². The molecule has 3 aromatic heterocycles.